The summed E-state index contributed by atoms with van der Waals surface area (Å²) in [6.07, 6.45) is 20.5. The monoisotopic (exact) mass is 446 g/mol. The van der Waals surface area contributed by atoms with Gasteiger partial charge in [-0.3, -0.25) is 9.59 Å². The van der Waals surface area contributed by atoms with Gasteiger partial charge in [0.15, 0.2) is 0 Å². The quantitative estimate of drug-likeness (QED) is 0.396. The zero-order valence-corrected chi connectivity index (χ0v) is 20.5. The Morgan fingerprint density at radius 1 is 0.812 bits per heavy atom. The molecule has 4 aliphatic carbocycles. The Labute approximate surface area is 195 Å². The predicted octanol–water partition coefficient (Wildman–Crippen LogP) is 6.99. The van der Waals surface area contributed by atoms with Gasteiger partial charge in [-0.05, 0) is 81.5 Å². The largest absolute Gasteiger partial charge is 0.466 e. The van der Waals surface area contributed by atoms with Crippen molar-refractivity contribution in [2.45, 2.75) is 129 Å². The summed E-state index contributed by atoms with van der Waals surface area (Å²) in [4.78, 5) is 26.8. The van der Waals surface area contributed by atoms with Gasteiger partial charge in [0.2, 0.25) is 0 Å². The van der Waals surface area contributed by atoms with Crippen LogP contribution in [0.5, 0.6) is 0 Å². The van der Waals surface area contributed by atoms with Crippen molar-refractivity contribution in [2.75, 3.05) is 6.61 Å². The Morgan fingerprint density at radius 2 is 1.47 bits per heavy atom. The summed E-state index contributed by atoms with van der Waals surface area (Å²) in [6, 6.07) is 0. The SMILES string of the molecule is CCOC(=O)C(C1CCCCC1)C1(CC(=O)OC2CCCC3CCCCC32)CCCCC1. The van der Waals surface area contributed by atoms with Gasteiger partial charge in [0.25, 0.3) is 0 Å². The molecule has 4 aliphatic rings. The van der Waals surface area contributed by atoms with E-state index in [0.29, 0.717) is 24.9 Å². The third kappa shape index (κ3) is 5.53. The predicted molar refractivity (Wildman–Crippen MR) is 126 cm³/mol. The lowest BCUT2D eigenvalue weighted by Crippen LogP contribution is -2.46. The maximum atomic E-state index is 13.5. The van der Waals surface area contributed by atoms with E-state index in [1.165, 1.54) is 64.2 Å². The van der Waals surface area contributed by atoms with Crippen LogP contribution < -0.4 is 0 Å². The van der Waals surface area contributed by atoms with Crippen LogP contribution in [0.4, 0.5) is 0 Å². The van der Waals surface area contributed by atoms with Gasteiger partial charge in [-0.1, -0.05) is 57.8 Å². The molecule has 0 aromatic rings. The second kappa shape index (κ2) is 11.4. The van der Waals surface area contributed by atoms with Crippen molar-refractivity contribution in [3.63, 3.8) is 0 Å². The molecule has 4 saturated carbocycles. The van der Waals surface area contributed by atoms with Gasteiger partial charge in [0.05, 0.1) is 18.9 Å². The molecule has 0 aromatic heterocycles. The first-order valence-corrected chi connectivity index (χ1v) is 14.0. The van der Waals surface area contributed by atoms with Gasteiger partial charge >= 0.3 is 11.9 Å². The van der Waals surface area contributed by atoms with E-state index < -0.39 is 0 Å². The maximum absolute atomic E-state index is 13.5. The molecule has 0 aliphatic heterocycles. The summed E-state index contributed by atoms with van der Waals surface area (Å²) in [6.45, 7) is 2.33. The van der Waals surface area contributed by atoms with Crippen LogP contribution in [0.25, 0.3) is 0 Å². The number of hydrogen-bond donors (Lipinski definition) is 0. The molecular weight excluding hydrogens is 400 g/mol. The molecule has 0 spiro atoms. The summed E-state index contributed by atoms with van der Waals surface area (Å²) >= 11 is 0. The van der Waals surface area contributed by atoms with Crippen molar-refractivity contribution in [1.29, 1.82) is 0 Å². The van der Waals surface area contributed by atoms with Gasteiger partial charge in [-0.2, -0.15) is 0 Å². The van der Waals surface area contributed by atoms with E-state index in [-0.39, 0.29) is 29.4 Å². The van der Waals surface area contributed by atoms with E-state index in [4.69, 9.17) is 9.47 Å². The Kier molecular flexibility index (Phi) is 8.56. The smallest absolute Gasteiger partial charge is 0.309 e. The highest BCUT2D eigenvalue weighted by Gasteiger charge is 2.50. The molecule has 4 atom stereocenters. The lowest BCUT2D eigenvalue weighted by molar-refractivity contribution is -0.168. The van der Waals surface area contributed by atoms with Gasteiger partial charge in [-0.15, -0.1) is 0 Å². The molecule has 0 bridgehead atoms. The van der Waals surface area contributed by atoms with Crippen molar-refractivity contribution in [3.8, 4) is 0 Å². The molecule has 0 saturated heterocycles. The first kappa shape index (κ1) is 24.1. The second-order valence-corrected chi connectivity index (χ2v) is 11.4. The van der Waals surface area contributed by atoms with E-state index in [1.54, 1.807) is 0 Å². The number of fused-ring (bicyclic) bond motifs is 1. The summed E-state index contributed by atoms with van der Waals surface area (Å²) < 4.78 is 11.9. The Hall–Kier alpha value is -1.06. The standard InChI is InChI=1S/C28H46O4/c1-2-31-27(30)26(22-13-5-3-6-14-22)28(18-9-4-10-19-28)20-25(29)32-24-17-11-15-21-12-7-8-16-23(21)24/h21-24,26H,2-20H2,1H3. The summed E-state index contributed by atoms with van der Waals surface area (Å²) in [5.41, 5.74) is -0.260. The number of carbonyl (C=O) groups is 2. The third-order valence-electron chi connectivity index (χ3n) is 9.46. The topological polar surface area (TPSA) is 52.6 Å². The number of ether oxygens (including phenoxy) is 2. The number of carbonyl (C=O) groups excluding carboxylic acids is 2. The summed E-state index contributed by atoms with van der Waals surface area (Å²) in [7, 11) is 0. The lowest BCUT2D eigenvalue weighted by atomic mass is 9.58. The molecule has 4 nitrogen and oxygen atoms in total. The fourth-order valence-electron chi connectivity index (χ4n) is 8.02. The van der Waals surface area contributed by atoms with Crippen LogP contribution in [-0.4, -0.2) is 24.6 Å². The van der Waals surface area contributed by atoms with E-state index in [0.717, 1.165) is 50.9 Å². The molecule has 0 radical (unpaired) electrons. The van der Waals surface area contributed by atoms with Crippen molar-refractivity contribution in [3.05, 3.63) is 0 Å². The second-order valence-electron chi connectivity index (χ2n) is 11.4. The minimum atomic E-state index is -0.260. The molecule has 0 N–H and O–H groups in total. The van der Waals surface area contributed by atoms with Gasteiger partial charge in [-0.25, -0.2) is 0 Å². The Morgan fingerprint density at radius 3 is 2.22 bits per heavy atom. The Bertz CT molecular complexity index is 615. The van der Waals surface area contributed by atoms with E-state index in [2.05, 4.69) is 0 Å². The molecule has 182 valence electrons. The van der Waals surface area contributed by atoms with Crippen LogP contribution >= 0.6 is 0 Å². The first-order chi connectivity index (χ1) is 15.6. The third-order valence-corrected chi connectivity index (χ3v) is 9.46. The zero-order chi connectivity index (χ0) is 22.4. The normalized spacial score (nSPS) is 31.8. The van der Waals surface area contributed by atoms with Crippen LogP contribution in [0.2, 0.25) is 0 Å². The molecule has 0 heterocycles. The van der Waals surface area contributed by atoms with Crippen LogP contribution in [0.15, 0.2) is 0 Å². The van der Waals surface area contributed by atoms with E-state index >= 15 is 0 Å². The summed E-state index contributed by atoms with van der Waals surface area (Å²) in [5.74, 6) is 1.49. The Balaban J connectivity index is 1.50. The first-order valence-electron chi connectivity index (χ1n) is 14.0. The molecule has 4 fully saturated rings. The maximum Gasteiger partial charge on any atom is 0.309 e. The molecule has 4 unspecified atom stereocenters. The zero-order valence-electron chi connectivity index (χ0n) is 20.5. The molecule has 0 aromatic carbocycles. The molecule has 32 heavy (non-hydrogen) atoms. The van der Waals surface area contributed by atoms with Crippen LogP contribution in [0, 0.1) is 29.1 Å². The molecule has 0 amide bonds. The highest BCUT2D eigenvalue weighted by atomic mass is 16.5. The average Bonchev–Trinajstić information content (AvgIpc) is 2.81. The van der Waals surface area contributed by atoms with Crippen molar-refractivity contribution in [1.82, 2.24) is 0 Å². The molecule has 4 heteroatoms. The van der Waals surface area contributed by atoms with Crippen LogP contribution in [0.3, 0.4) is 0 Å². The summed E-state index contributed by atoms with van der Waals surface area (Å²) in [5, 5.41) is 0. The van der Waals surface area contributed by atoms with E-state index in [9.17, 15) is 9.59 Å². The van der Waals surface area contributed by atoms with Crippen molar-refractivity contribution < 1.29 is 19.1 Å². The van der Waals surface area contributed by atoms with Gasteiger partial charge in [0, 0.05) is 0 Å². The minimum Gasteiger partial charge on any atom is -0.466 e. The van der Waals surface area contributed by atoms with Crippen molar-refractivity contribution in [2.24, 2.45) is 29.1 Å². The van der Waals surface area contributed by atoms with Crippen LogP contribution in [0.1, 0.15) is 122 Å². The molecule has 4 rings (SSSR count). The number of esters is 2. The fraction of sp³-hybridized carbons (Fsp3) is 0.929. The highest BCUT2D eigenvalue weighted by Crippen LogP contribution is 2.52. The van der Waals surface area contributed by atoms with Crippen LogP contribution in [-0.2, 0) is 19.1 Å². The van der Waals surface area contributed by atoms with Gasteiger partial charge in [0.1, 0.15) is 6.10 Å². The average molecular weight is 447 g/mol. The highest BCUT2D eigenvalue weighted by molar-refractivity contribution is 5.77. The lowest BCUT2D eigenvalue weighted by Gasteiger charge is -2.46. The molecular formula is C28H46O4. The number of rotatable bonds is 7. The van der Waals surface area contributed by atoms with E-state index in [1.807, 2.05) is 6.92 Å². The fourth-order valence-corrected chi connectivity index (χ4v) is 8.02. The van der Waals surface area contributed by atoms with Gasteiger partial charge < -0.3 is 9.47 Å². The van der Waals surface area contributed by atoms with Crippen molar-refractivity contribution >= 4 is 11.9 Å². The number of hydrogen-bond acceptors (Lipinski definition) is 4. The minimum absolute atomic E-state index is 0.0340.